The van der Waals surface area contributed by atoms with Crippen molar-refractivity contribution in [3.63, 3.8) is 0 Å². The maximum atomic E-state index is 12.6. The molecule has 0 heterocycles. The molecule has 11 heteroatoms. The molecule has 0 aliphatic rings. The van der Waals surface area contributed by atoms with Gasteiger partial charge in [0.15, 0.2) is 6.10 Å². The molecule has 302 valence electrons. The van der Waals surface area contributed by atoms with Crippen molar-refractivity contribution in [2.75, 3.05) is 26.4 Å². The summed E-state index contributed by atoms with van der Waals surface area (Å²) in [5.74, 6) is -0.927. The van der Waals surface area contributed by atoms with Gasteiger partial charge in [-0.25, -0.2) is 4.57 Å². The maximum absolute atomic E-state index is 12.6. The topological polar surface area (TPSA) is 149 Å². The van der Waals surface area contributed by atoms with E-state index in [1.54, 1.807) is 0 Å². The number of carbonyl (C=O) groups is 2. The second-order valence-corrected chi connectivity index (χ2v) is 15.5. The van der Waals surface area contributed by atoms with E-state index in [1.807, 2.05) is 0 Å². The van der Waals surface area contributed by atoms with Crippen LogP contribution in [0.1, 0.15) is 194 Å². The van der Waals surface area contributed by atoms with E-state index < -0.39 is 51.8 Å². The van der Waals surface area contributed by atoms with Gasteiger partial charge in [-0.2, -0.15) is 0 Å². The fourth-order valence-corrected chi connectivity index (χ4v) is 6.48. The van der Waals surface area contributed by atoms with Gasteiger partial charge in [0.2, 0.25) is 0 Å². The average molecular weight is 749 g/mol. The minimum absolute atomic E-state index is 0.178. The summed E-state index contributed by atoms with van der Waals surface area (Å²) in [5.41, 5.74) is 0. The van der Waals surface area contributed by atoms with E-state index in [4.69, 9.17) is 19.1 Å². The van der Waals surface area contributed by atoms with E-state index in [0.717, 1.165) is 57.8 Å². The highest BCUT2D eigenvalue weighted by Crippen LogP contribution is 2.43. The molecule has 0 aromatic heterocycles. The van der Waals surface area contributed by atoms with Crippen LogP contribution in [-0.2, 0) is 32.7 Å². The number of aliphatic hydroxyl groups is 2. The summed E-state index contributed by atoms with van der Waals surface area (Å²) in [6.45, 7) is 2.37. The molecule has 0 radical (unpaired) electrons. The molecule has 0 amide bonds. The summed E-state index contributed by atoms with van der Waals surface area (Å²) in [5, 5.41) is 18.3. The second-order valence-electron chi connectivity index (χ2n) is 14.0. The van der Waals surface area contributed by atoms with Crippen molar-refractivity contribution < 1.29 is 47.8 Å². The zero-order chi connectivity index (χ0) is 37.7. The lowest BCUT2D eigenvalue weighted by molar-refractivity contribution is -0.161. The molecule has 0 bridgehead atoms. The van der Waals surface area contributed by atoms with Crippen LogP contribution >= 0.6 is 7.82 Å². The SMILES string of the molecule is CCCCCCCCC/C=C\CCCCCCCC(=O)O[C@H](COC(=O)CCCCCCCCCCCCCC)COP(=O)(O)OC[C@@H](O)CO. The van der Waals surface area contributed by atoms with Crippen LogP contribution in [0.3, 0.4) is 0 Å². The monoisotopic (exact) mass is 749 g/mol. The number of aliphatic hydroxyl groups excluding tert-OH is 2. The molecular weight excluding hydrogens is 671 g/mol. The predicted octanol–water partition coefficient (Wildman–Crippen LogP) is 10.4. The molecule has 1 unspecified atom stereocenters. The number of allylic oxidation sites excluding steroid dienone is 2. The molecule has 0 fully saturated rings. The van der Waals surface area contributed by atoms with E-state index >= 15 is 0 Å². The van der Waals surface area contributed by atoms with Crippen LogP contribution in [0.2, 0.25) is 0 Å². The molecule has 0 aliphatic heterocycles. The van der Waals surface area contributed by atoms with Gasteiger partial charge in [0.05, 0.1) is 19.8 Å². The standard InChI is InChI=1S/C40H77O10P/c1-3-5-7-9-11-13-15-17-18-19-20-22-24-26-28-30-32-40(44)50-38(36-49-51(45,46)48-34-37(42)33-41)35-47-39(43)31-29-27-25-23-21-16-14-12-10-8-6-4-2/h18-19,37-38,41-42H,3-17,20-36H2,1-2H3,(H,45,46)/b19-18-/t37-,38+/m0/s1. The van der Waals surface area contributed by atoms with Crippen molar-refractivity contribution >= 4 is 19.8 Å². The Hall–Kier alpha value is -1.29. The first-order valence-corrected chi connectivity index (χ1v) is 22.1. The highest BCUT2D eigenvalue weighted by Gasteiger charge is 2.27. The van der Waals surface area contributed by atoms with Crippen LogP contribution in [0.25, 0.3) is 0 Å². The lowest BCUT2D eigenvalue weighted by atomic mass is 10.0. The molecule has 10 nitrogen and oxygen atoms in total. The molecule has 0 saturated heterocycles. The van der Waals surface area contributed by atoms with Crippen molar-refractivity contribution in [1.29, 1.82) is 0 Å². The number of unbranched alkanes of at least 4 members (excludes halogenated alkanes) is 23. The normalized spacial score (nSPS) is 14.1. The van der Waals surface area contributed by atoms with Crippen LogP contribution in [-0.4, -0.2) is 65.7 Å². The molecule has 0 aliphatic carbocycles. The van der Waals surface area contributed by atoms with Crippen LogP contribution in [0, 0.1) is 0 Å². The largest absolute Gasteiger partial charge is 0.472 e. The molecule has 51 heavy (non-hydrogen) atoms. The lowest BCUT2D eigenvalue weighted by Crippen LogP contribution is -2.29. The highest BCUT2D eigenvalue weighted by atomic mass is 31.2. The summed E-state index contributed by atoms with van der Waals surface area (Å²) in [6.07, 6.45) is 33.2. The second kappa shape index (κ2) is 37.0. The summed E-state index contributed by atoms with van der Waals surface area (Å²) in [6, 6.07) is 0. The van der Waals surface area contributed by atoms with E-state index in [1.165, 1.54) is 96.3 Å². The smallest absolute Gasteiger partial charge is 0.462 e. The van der Waals surface area contributed by atoms with Crippen molar-refractivity contribution in [2.24, 2.45) is 0 Å². The quantitative estimate of drug-likeness (QED) is 0.0240. The zero-order valence-corrected chi connectivity index (χ0v) is 33.5. The third-order valence-corrected chi connectivity index (χ3v) is 9.87. The predicted molar refractivity (Wildman–Crippen MR) is 205 cm³/mol. The Bertz CT molecular complexity index is 868. The van der Waals surface area contributed by atoms with Crippen LogP contribution in [0.5, 0.6) is 0 Å². The van der Waals surface area contributed by atoms with Gasteiger partial charge in [-0.1, -0.05) is 154 Å². The first-order valence-electron chi connectivity index (χ1n) is 20.6. The van der Waals surface area contributed by atoms with E-state index in [-0.39, 0.29) is 19.4 Å². The number of rotatable bonds is 39. The van der Waals surface area contributed by atoms with Gasteiger partial charge in [0, 0.05) is 12.8 Å². The molecule has 0 rings (SSSR count). The van der Waals surface area contributed by atoms with Crippen LogP contribution in [0.15, 0.2) is 12.2 Å². The van der Waals surface area contributed by atoms with Crippen molar-refractivity contribution in [1.82, 2.24) is 0 Å². The summed E-state index contributed by atoms with van der Waals surface area (Å²) >= 11 is 0. The molecule has 3 N–H and O–H groups in total. The Morgan fingerprint density at radius 1 is 0.569 bits per heavy atom. The van der Waals surface area contributed by atoms with Gasteiger partial charge in [-0.3, -0.25) is 18.6 Å². The molecular formula is C40H77O10P. The van der Waals surface area contributed by atoms with Crippen molar-refractivity contribution in [3.05, 3.63) is 12.2 Å². The zero-order valence-electron chi connectivity index (χ0n) is 32.6. The molecule has 0 aromatic rings. The van der Waals surface area contributed by atoms with Gasteiger partial charge >= 0.3 is 19.8 Å². The Morgan fingerprint density at radius 3 is 1.41 bits per heavy atom. The summed E-state index contributed by atoms with van der Waals surface area (Å²) in [7, 11) is -4.61. The van der Waals surface area contributed by atoms with E-state index in [0.29, 0.717) is 12.8 Å². The van der Waals surface area contributed by atoms with Gasteiger partial charge in [-0.15, -0.1) is 0 Å². The minimum atomic E-state index is -4.61. The Labute approximate surface area is 311 Å². The number of phosphoric ester groups is 1. The van der Waals surface area contributed by atoms with Crippen molar-refractivity contribution in [2.45, 2.75) is 206 Å². The summed E-state index contributed by atoms with van der Waals surface area (Å²) < 4.78 is 32.6. The third-order valence-electron chi connectivity index (χ3n) is 8.92. The average Bonchev–Trinajstić information content (AvgIpc) is 3.12. The van der Waals surface area contributed by atoms with Crippen molar-refractivity contribution in [3.8, 4) is 0 Å². The Balaban J connectivity index is 4.32. The maximum Gasteiger partial charge on any atom is 0.472 e. The lowest BCUT2D eigenvalue weighted by Gasteiger charge is -2.20. The fourth-order valence-electron chi connectivity index (χ4n) is 5.69. The third kappa shape index (κ3) is 36.8. The number of phosphoric acid groups is 1. The van der Waals surface area contributed by atoms with Gasteiger partial charge in [-0.05, 0) is 38.5 Å². The van der Waals surface area contributed by atoms with E-state index in [9.17, 15) is 24.2 Å². The molecule has 3 atom stereocenters. The number of hydrogen-bond donors (Lipinski definition) is 3. The van der Waals surface area contributed by atoms with Gasteiger partial charge in [0.25, 0.3) is 0 Å². The Kier molecular flexibility index (Phi) is 36.1. The Morgan fingerprint density at radius 2 is 0.961 bits per heavy atom. The number of hydrogen-bond acceptors (Lipinski definition) is 9. The fraction of sp³-hybridized carbons (Fsp3) is 0.900. The molecule has 0 spiro atoms. The minimum Gasteiger partial charge on any atom is -0.462 e. The first kappa shape index (κ1) is 49.7. The van der Waals surface area contributed by atoms with Gasteiger partial charge in [0.1, 0.15) is 12.7 Å². The summed E-state index contributed by atoms with van der Waals surface area (Å²) in [4.78, 5) is 34.9. The first-order chi connectivity index (χ1) is 24.7. The number of ether oxygens (including phenoxy) is 2. The number of carbonyl (C=O) groups excluding carboxylic acids is 2. The van der Waals surface area contributed by atoms with Crippen LogP contribution in [0.4, 0.5) is 0 Å². The van der Waals surface area contributed by atoms with Crippen LogP contribution < -0.4 is 0 Å². The molecule has 0 aromatic carbocycles. The van der Waals surface area contributed by atoms with Gasteiger partial charge < -0.3 is 24.6 Å². The number of esters is 2. The molecule has 0 saturated carbocycles. The van der Waals surface area contributed by atoms with E-state index in [2.05, 4.69) is 30.5 Å². The highest BCUT2D eigenvalue weighted by molar-refractivity contribution is 7.47.